The minimum atomic E-state index is -2.49. The summed E-state index contributed by atoms with van der Waals surface area (Å²) in [6, 6.07) is 1.60. The number of carbonyl (C=O) groups excluding carboxylic acids is 7. The van der Waals surface area contributed by atoms with Crippen LogP contribution in [0.2, 0.25) is 104 Å². The monoisotopic (exact) mass is 1420 g/mol. The van der Waals surface area contributed by atoms with E-state index < -0.39 is 80.9 Å². The van der Waals surface area contributed by atoms with E-state index in [4.69, 9.17) is 59.1 Å². The number of rotatable bonds is 42. The Hall–Kier alpha value is -3.63. The summed E-state index contributed by atoms with van der Waals surface area (Å²) in [6.07, 6.45) is 8.06. The lowest BCUT2D eigenvalue weighted by Gasteiger charge is -2.47. The van der Waals surface area contributed by atoms with Crippen molar-refractivity contribution in [1.82, 2.24) is 10.6 Å². The molecule has 0 radical (unpaired) electrons. The second-order valence-electron chi connectivity index (χ2n) is 33.0. The molecule has 2 amide bonds. The van der Waals surface area contributed by atoms with Gasteiger partial charge in [-0.3, -0.25) is 9.59 Å². The molecule has 2 aliphatic carbocycles. The molecule has 2 saturated carbocycles. The lowest BCUT2D eigenvalue weighted by Crippen LogP contribution is -2.52. The van der Waals surface area contributed by atoms with Gasteiger partial charge in [-0.15, -0.1) is 0 Å². The van der Waals surface area contributed by atoms with Crippen LogP contribution in [-0.4, -0.2) is 165 Å². The first-order chi connectivity index (χ1) is 42.5. The number of hydrogen-bond donors (Lipinski definition) is 2. The molecule has 0 saturated heterocycles. The second-order valence-corrected chi connectivity index (χ2v) is 58.7. The number of esters is 3. The third-order valence-electron chi connectivity index (χ3n) is 15.8. The summed E-state index contributed by atoms with van der Waals surface area (Å²) in [7, 11) is -12.5. The van der Waals surface area contributed by atoms with Crippen LogP contribution in [0.5, 0.6) is 0 Å². The van der Waals surface area contributed by atoms with Crippen LogP contribution >= 0.6 is 0 Å². The second kappa shape index (κ2) is 37.9. The summed E-state index contributed by atoms with van der Waals surface area (Å²) < 4.78 is 74.9. The predicted molar refractivity (Wildman–Crippen MR) is 375 cm³/mol. The first-order valence-corrected chi connectivity index (χ1v) is 52.6. The van der Waals surface area contributed by atoms with Crippen LogP contribution in [0.4, 0.5) is 19.2 Å². The van der Waals surface area contributed by atoms with Gasteiger partial charge in [-0.25, -0.2) is 24.0 Å². The molecule has 540 valence electrons. The van der Waals surface area contributed by atoms with Crippen molar-refractivity contribution in [2.24, 2.45) is 33.0 Å². The topological polar surface area (TPSA) is 264 Å². The summed E-state index contributed by atoms with van der Waals surface area (Å²) in [4.78, 5) is 87.4. The number of alkyl carbamates (subject to hydrolysis) is 2. The number of ether oxygens (including phenoxy) is 9. The standard InChI is InChI=1S/C65H126N2O20Si6/c1-23-54(68)77-39-40-78-57(71)66-50-65(8)45-52(44-61(2,3)49-65)43-56(70)76-34-27-36-80-60(74)82-38-28-37-81-59(73)79-35-26-33-75-55(69)29-32-64(7)47-53(46-62(4,5)48-64)67-58(72)83-51-63(6,30-24-41-92(21,84-88(9,10)11)85-89(12,13)14)31-25-42-93(22,86-90(15,16)17)87-91(18,19)20/h23,52-53H,1,24-51H2,2-22H3,(H,66,71)(H,67,72). The van der Waals surface area contributed by atoms with Crippen LogP contribution in [0.3, 0.4) is 0 Å². The van der Waals surface area contributed by atoms with Crippen LogP contribution in [0, 0.1) is 33.0 Å². The molecule has 0 bridgehead atoms. The Labute approximate surface area is 565 Å². The minimum Gasteiger partial charge on any atom is -0.466 e. The van der Waals surface area contributed by atoms with Gasteiger partial charge in [-0.1, -0.05) is 67.9 Å². The quantitative estimate of drug-likeness (QED) is 0.0189. The Balaban J connectivity index is 1.75. The molecule has 2 N–H and O–H groups in total. The summed E-state index contributed by atoms with van der Waals surface area (Å²) in [5, 5.41) is 6.04. The van der Waals surface area contributed by atoms with Gasteiger partial charge in [0.25, 0.3) is 0 Å². The first-order valence-electron chi connectivity index (χ1n) is 33.9. The summed E-state index contributed by atoms with van der Waals surface area (Å²) >= 11 is 0. The summed E-state index contributed by atoms with van der Waals surface area (Å²) in [5.41, 5.74) is -1.03. The molecule has 2 aliphatic rings. The van der Waals surface area contributed by atoms with E-state index in [-0.39, 0.29) is 143 Å². The minimum absolute atomic E-state index is 0.0278. The highest BCUT2D eigenvalue weighted by Gasteiger charge is 2.46. The largest absolute Gasteiger partial charge is 0.508 e. The Kier molecular flexibility index (Phi) is 34.8. The molecule has 4 unspecified atom stereocenters. The number of carbonyl (C=O) groups is 7. The molecule has 0 heterocycles. The smallest absolute Gasteiger partial charge is 0.466 e. The highest BCUT2D eigenvalue weighted by Crippen LogP contribution is 2.50. The van der Waals surface area contributed by atoms with Crippen molar-refractivity contribution in [1.29, 1.82) is 0 Å². The molecular weight excluding hydrogens is 1300 g/mol. The molecule has 22 nitrogen and oxygen atoms in total. The van der Waals surface area contributed by atoms with Crippen molar-refractivity contribution in [3.8, 4) is 0 Å². The molecule has 2 fully saturated rings. The van der Waals surface area contributed by atoms with Gasteiger partial charge in [0.2, 0.25) is 0 Å². The van der Waals surface area contributed by atoms with Gasteiger partial charge in [0.1, 0.15) is 13.2 Å². The molecule has 4 atom stereocenters. The molecule has 28 heteroatoms. The van der Waals surface area contributed by atoms with Gasteiger partial charge in [-0.05, 0) is 189 Å². The molecule has 0 aromatic carbocycles. The fourth-order valence-electron chi connectivity index (χ4n) is 14.0. The maximum Gasteiger partial charge on any atom is 0.508 e. The summed E-state index contributed by atoms with van der Waals surface area (Å²) in [6.45, 7) is 50.1. The zero-order valence-corrected chi connectivity index (χ0v) is 67.4. The number of amides is 2. The SMILES string of the molecule is C=CC(=O)OCCOC(=O)NCC1(C)CC(CC(=O)OCCCOC(=O)OCCCOC(=O)OCCCOC(=O)CCC2(C)CC(NC(=O)OCC(C)(CCC[Si](C)(O[Si](C)(C)C)O[Si](C)(C)C)CCC[Si](C)(O[Si](C)(C)C)O[Si](C)(C)C)CC(C)(C)C2)CC(C)(C)C1. The van der Waals surface area contributed by atoms with Crippen LogP contribution in [0.25, 0.3) is 0 Å². The van der Waals surface area contributed by atoms with E-state index in [1.807, 2.05) is 0 Å². The van der Waals surface area contributed by atoms with Gasteiger partial charge >= 0.3 is 59.5 Å². The van der Waals surface area contributed by atoms with Crippen molar-refractivity contribution in [3.63, 3.8) is 0 Å². The zero-order chi connectivity index (χ0) is 70.8. The zero-order valence-electron chi connectivity index (χ0n) is 61.4. The number of hydrogen-bond acceptors (Lipinski definition) is 20. The molecule has 0 aliphatic heterocycles. The van der Waals surface area contributed by atoms with Crippen molar-refractivity contribution < 1.29 is 92.7 Å². The average Bonchev–Trinajstić information content (AvgIpc) is 0.840. The third kappa shape index (κ3) is 40.6. The molecule has 2 rings (SSSR count). The fourth-order valence-corrected chi connectivity index (χ4v) is 39.1. The van der Waals surface area contributed by atoms with E-state index >= 15 is 0 Å². The Morgan fingerprint density at radius 1 is 0.484 bits per heavy atom. The van der Waals surface area contributed by atoms with Crippen LogP contribution in [-0.2, 0) is 73.5 Å². The number of nitrogens with one attached hydrogen (secondary N) is 2. The van der Waals surface area contributed by atoms with Gasteiger partial charge in [0.05, 0.1) is 46.2 Å². The van der Waals surface area contributed by atoms with Crippen LogP contribution < -0.4 is 10.6 Å². The van der Waals surface area contributed by atoms with Crippen molar-refractivity contribution >= 4 is 92.8 Å². The van der Waals surface area contributed by atoms with E-state index in [9.17, 15) is 33.6 Å². The van der Waals surface area contributed by atoms with E-state index in [0.717, 1.165) is 69.5 Å². The van der Waals surface area contributed by atoms with E-state index in [1.54, 1.807) is 0 Å². The van der Waals surface area contributed by atoms with Crippen LogP contribution in [0.1, 0.15) is 151 Å². The normalized spacial score (nSPS) is 20.3. The highest BCUT2D eigenvalue weighted by atomic mass is 28.5. The van der Waals surface area contributed by atoms with Crippen LogP contribution in [0.15, 0.2) is 12.7 Å². The van der Waals surface area contributed by atoms with E-state index in [2.05, 4.69) is 157 Å². The first kappa shape index (κ1) is 85.5. The molecular formula is C65H126N2O20Si6. The molecule has 93 heavy (non-hydrogen) atoms. The maximum atomic E-state index is 13.9. The molecule has 0 aromatic heterocycles. The van der Waals surface area contributed by atoms with Crippen molar-refractivity contribution in [2.45, 2.75) is 261 Å². The lowest BCUT2D eigenvalue weighted by molar-refractivity contribution is -0.146. The molecule has 0 aromatic rings. The van der Waals surface area contributed by atoms with Gasteiger partial charge in [0.15, 0.2) is 33.3 Å². The third-order valence-corrected chi connectivity index (χ3v) is 35.0. The van der Waals surface area contributed by atoms with Gasteiger partial charge in [-0.2, -0.15) is 0 Å². The maximum absolute atomic E-state index is 13.9. The predicted octanol–water partition coefficient (Wildman–Crippen LogP) is 15.4. The molecule has 0 spiro atoms. The van der Waals surface area contributed by atoms with Crippen molar-refractivity contribution in [2.75, 3.05) is 66.0 Å². The Bertz CT molecular complexity index is 2290. The van der Waals surface area contributed by atoms with Gasteiger partial charge in [0, 0.05) is 56.2 Å². The lowest BCUT2D eigenvalue weighted by atomic mass is 9.60. The Morgan fingerprint density at radius 2 is 0.903 bits per heavy atom. The fraction of sp³-hybridized carbons (Fsp3) is 0.862. The summed E-state index contributed by atoms with van der Waals surface area (Å²) in [5.74, 6) is -1.28. The highest BCUT2D eigenvalue weighted by molar-refractivity contribution is 6.88. The average molecular weight is 1420 g/mol. The van der Waals surface area contributed by atoms with Crippen molar-refractivity contribution in [3.05, 3.63) is 12.7 Å². The Morgan fingerprint density at radius 3 is 1.35 bits per heavy atom. The van der Waals surface area contributed by atoms with E-state index in [1.165, 1.54) is 0 Å². The van der Waals surface area contributed by atoms with Gasteiger partial charge < -0.3 is 69.7 Å². The van der Waals surface area contributed by atoms with E-state index in [0.29, 0.717) is 25.8 Å².